The van der Waals surface area contributed by atoms with E-state index in [4.69, 9.17) is 9.47 Å². The van der Waals surface area contributed by atoms with Gasteiger partial charge in [-0.15, -0.1) is 0 Å². The normalized spacial score (nSPS) is 32.6. The van der Waals surface area contributed by atoms with E-state index in [0.29, 0.717) is 12.0 Å². The van der Waals surface area contributed by atoms with Crippen LogP contribution in [0.25, 0.3) is 0 Å². The first-order valence-electron chi connectivity index (χ1n) is 8.51. The molecule has 1 N–H and O–H groups in total. The van der Waals surface area contributed by atoms with Crippen LogP contribution >= 0.6 is 0 Å². The van der Waals surface area contributed by atoms with Crippen LogP contribution in [-0.4, -0.2) is 37.4 Å². The Balaban J connectivity index is 2.04. The zero-order valence-electron chi connectivity index (χ0n) is 13.9. The lowest BCUT2D eigenvalue weighted by Crippen LogP contribution is -2.54. The zero-order chi connectivity index (χ0) is 15.3. The van der Waals surface area contributed by atoms with Crippen molar-refractivity contribution in [3.05, 3.63) is 0 Å². The summed E-state index contributed by atoms with van der Waals surface area (Å²) in [5, 5.41) is 3.54. The lowest BCUT2D eigenvalue weighted by Gasteiger charge is -2.33. The van der Waals surface area contributed by atoms with Crippen LogP contribution < -0.4 is 5.32 Å². The molecule has 2 aliphatic rings. The molecule has 0 bridgehead atoms. The molecule has 2 fully saturated rings. The monoisotopic (exact) mass is 297 g/mol. The third kappa shape index (κ3) is 4.43. The Kier molecular flexibility index (Phi) is 5.67. The molecule has 2 atom stereocenters. The van der Waals surface area contributed by atoms with E-state index >= 15 is 0 Å². The highest BCUT2D eigenvalue weighted by Gasteiger charge is 2.43. The molecule has 21 heavy (non-hydrogen) atoms. The van der Waals surface area contributed by atoms with Gasteiger partial charge in [-0.25, -0.2) is 0 Å². The van der Waals surface area contributed by atoms with Crippen molar-refractivity contribution in [2.45, 2.75) is 77.4 Å². The van der Waals surface area contributed by atoms with Gasteiger partial charge in [-0.05, 0) is 50.9 Å². The molecule has 0 aromatic heterocycles. The highest BCUT2D eigenvalue weighted by atomic mass is 16.5. The molecule has 1 saturated heterocycles. The topological polar surface area (TPSA) is 47.6 Å². The summed E-state index contributed by atoms with van der Waals surface area (Å²) in [6.07, 6.45) is 7.54. The molecule has 4 heteroatoms. The molecule has 0 aromatic rings. The molecule has 0 amide bonds. The Morgan fingerprint density at radius 2 is 2.05 bits per heavy atom. The minimum Gasteiger partial charge on any atom is -0.465 e. The number of nitrogens with one attached hydrogen (secondary N) is 1. The van der Waals surface area contributed by atoms with Crippen LogP contribution in [0.1, 0.15) is 65.7 Å². The SMILES string of the molecule is CCOC(=O)C1(NCC2CCCO2)CCCC(C)(C)CC1. The molecule has 1 aliphatic carbocycles. The number of ether oxygens (including phenoxy) is 2. The summed E-state index contributed by atoms with van der Waals surface area (Å²) in [5.74, 6) is -0.0688. The number of esters is 1. The van der Waals surface area contributed by atoms with Gasteiger partial charge in [0.15, 0.2) is 0 Å². The second kappa shape index (κ2) is 7.10. The molecular weight excluding hydrogens is 266 g/mol. The molecule has 1 heterocycles. The van der Waals surface area contributed by atoms with E-state index in [2.05, 4.69) is 19.2 Å². The van der Waals surface area contributed by atoms with E-state index in [0.717, 1.165) is 51.7 Å². The molecule has 2 rings (SSSR count). The fourth-order valence-corrected chi connectivity index (χ4v) is 3.51. The number of rotatable bonds is 5. The second-order valence-electron chi connectivity index (χ2n) is 7.34. The zero-order valence-corrected chi connectivity index (χ0v) is 13.9. The molecular formula is C17H31NO3. The van der Waals surface area contributed by atoms with Gasteiger partial charge in [-0.1, -0.05) is 20.3 Å². The van der Waals surface area contributed by atoms with Crippen molar-refractivity contribution in [1.82, 2.24) is 5.32 Å². The Bertz CT molecular complexity index is 350. The summed E-state index contributed by atoms with van der Waals surface area (Å²) in [7, 11) is 0. The van der Waals surface area contributed by atoms with Gasteiger partial charge in [-0.2, -0.15) is 0 Å². The molecule has 122 valence electrons. The van der Waals surface area contributed by atoms with E-state index in [-0.39, 0.29) is 12.1 Å². The number of carbonyl (C=O) groups is 1. The highest BCUT2D eigenvalue weighted by Crippen LogP contribution is 2.38. The van der Waals surface area contributed by atoms with Gasteiger partial charge < -0.3 is 9.47 Å². The summed E-state index contributed by atoms with van der Waals surface area (Å²) in [4.78, 5) is 12.6. The quantitative estimate of drug-likeness (QED) is 0.626. The maximum atomic E-state index is 12.6. The average Bonchev–Trinajstić information content (AvgIpc) is 2.89. The maximum absolute atomic E-state index is 12.6. The van der Waals surface area contributed by atoms with Crippen LogP contribution in [0.2, 0.25) is 0 Å². The fraction of sp³-hybridized carbons (Fsp3) is 0.941. The Morgan fingerprint density at radius 1 is 1.24 bits per heavy atom. The van der Waals surface area contributed by atoms with E-state index in [9.17, 15) is 4.79 Å². The van der Waals surface area contributed by atoms with Crippen molar-refractivity contribution in [2.75, 3.05) is 19.8 Å². The first-order chi connectivity index (χ1) is 9.97. The summed E-state index contributed by atoms with van der Waals surface area (Å²) in [6, 6.07) is 0. The Morgan fingerprint density at radius 3 is 2.71 bits per heavy atom. The van der Waals surface area contributed by atoms with Crippen molar-refractivity contribution < 1.29 is 14.3 Å². The standard InChI is InChI=1S/C17H31NO3/c1-4-20-15(19)17(18-13-14-7-5-12-21-14)9-6-8-16(2,3)10-11-17/h14,18H,4-13H2,1-3H3. The first-order valence-corrected chi connectivity index (χ1v) is 8.51. The number of hydrogen-bond donors (Lipinski definition) is 1. The van der Waals surface area contributed by atoms with Crippen molar-refractivity contribution >= 4 is 5.97 Å². The van der Waals surface area contributed by atoms with Crippen molar-refractivity contribution in [3.63, 3.8) is 0 Å². The molecule has 1 aliphatic heterocycles. The van der Waals surface area contributed by atoms with Gasteiger partial charge >= 0.3 is 5.97 Å². The van der Waals surface area contributed by atoms with Gasteiger partial charge in [-0.3, -0.25) is 10.1 Å². The maximum Gasteiger partial charge on any atom is 0.326 e. The van der Waals surface area contributed by atoms with Crippen LogP contribution in [0.15, 0.2) is 0 Å². The third-order valence-electron chi connectivity index (χ3n) is 5.04. The Hall–Kier alpha value is -0.610. The van der Waals surface area contributed by atoms with E-state index in [1.54, 1.807) is 0 Å². The van der Waals surface area contributed by atoms with Crippen LogP contribution in [0.3, 0.4) is 0 Å². The smallest absolute Gasteiger partial charge is 0.326 e. The average molecular weight is 297 g/mol. The Labute approximate surface area is 129 Å². The largest absolute Gasteiger partial charge is 0.465 e. The van der Waals surface area contributed by atoms with E-state index in [1.807, 2.05) is 6.92 Å². The van der Waals surface area contributed by atoms with Crippen LogP contribution in [-0.2, 0) is 14.3 Å². The van der Waals surface area contributed by atoms with Crippen molar-refractivity contribution in [2.24, 2.45) is 5.41 Å². The third-order valence-corrected chi connectivity index (χ3v) is 5.04. The minimum atomic E-state index is -0.504. The van der Waals surface area contributed by atoms with Gasteiger partial charge in [0.25, 0.3) is 0 Å². The van der Waals surface area contributed by atoms with E-state index < -0.39 is 5.54 Å². The molecule has 0 aromatic carbocycles. The second-order valence-corrected chi connectivity index (χ2v) is 7.34. The lowest BCUT2D eigenvalue weighted by molar-refractivity contribution is -0.152. The fourth-order valence-electron chi connectivity index (χ4n) is 3.51. The minimum absolute atomic E-state index is 0.0688. The lowest BCUT2D eigenvalue weighted by atomic mass is 9.83. The highest BCUT2D eigenvalue weighted by molar-refractivity contribution is 5.81. The number of hydrogen-bond acceptors (Lipinski definition) is 4. The van der Waals surface area contributed by atoms with Crippen molar-refractivity contribution in [3.8, 4) is 0 Å². The van der Waals surface area contributed by atoms with Gasteiger partial charge in [0.05, 0.1) is 12.7 Å². The van der Waals surface area contributed by atoms with Crippen LogP contribution in [0.5, 0.6) is 0 Å². The molecule has 1 saturated carbocycles. The summed E-state index contributed by atoms with van der Waals surface area (Å²) in [6.45, 7) is 8.55. The molecule has 0 radical (unpaired) electrons. The molecule has 0 spiro atoms. The summed E-state index contributed by atoms with van der Waals surface area (Å²) in [5.41, 5.74) is -0.185. The van der Waals surface area contributed by atoms with Crippen LogP contribution in [0, 0.1) is 5.41 Å². The summed E-state index contributed by atoms with van der Waals surface area (Å²) < 4.78 is 11.1. The number of carbonyl (C=O) groups excluding carboxylic acids is 1. The predicted octanol–water partition coefficient (Wildman–Crippen LogP) is 3.05. The first kappa shape index (κ1) is 16.8. The van der Waals surface area contributed by atoms with Gasteiger partial charge in [0.1, 0.15) is 5.54 Å². The molecule has 2 unspecified atom stereocenters. The molecule has 4 nitrogen and oxygen atoms in total. The summed E-state index contributed by atoms with van der Waals surface area (Å²) >= 11 is 0. The van der Waals surface area contributed by atoms with E-state index in [1.165, 1.54) is 6.42 Å². The van der Waals surface area contributed by atoms with Crippen LogP contribution in [0.4, 0.5) is 0 Å². The predicted molar refractivity (Wildman–Crippen MR) is 83.2 cm³/mol. The van der Waals surface area contributed by atoms with Gasteiger partial charge in [0.2, 0.25) is 0 Å². The van der Waals surface area contributed by atoms with Crippen molar-refractivity contribution in [1.29, 1.82) is 0 Å². The van der Waals surface area contributed by atoms with Gasteiger partial charge in [0, 0.05) is 13.2 Å².